The third-order valence-electron chi connectivity index (χ3n) is 5.45. The fourth-order valence-corrected chi connectivity index (χ4v) is 4.26. The molecule has 2 aromatic rings. The minimum absolute atomic E-state index is 0.0726. The molecule has 1 aliphatic carbocycles. The van der Waals surface area contributed by atoms with Crippen molar-refractivity contribution in [2.45, 2.75) is 32.2 Å². The minimum Gasteiger partial charge on any atom is -0.497 e. The minimum atomic E-state index is -1.04. The molecule has 1 atom stereocenters. The highest BCUT2D eigenvalue weighted by atomic mass is 16.5. The Hall–Kier alpha value is -2.89. The normalized spacial score (nSPS) is 23.3. The van der Waals surface area contributed by atoms with Gasteiger partial charge in [0.2, 0.25) is 0 Å². The number of nitrogens with zero attached hydrogens (tertiary/aromatic N) is 3. The van der Waals surface area contributed by atoms with Crippen LogP contribution in [0.2, 0.25) is 0 Å². The number of nitrogens with two attached hydrogens (primary N) is 1. The maximum atomic E-state index is 13.2. The Labute approximate surface area is 159 Å². The molecule has 4 rings (SSSR count). The smallest absolute Gasteiger partial charge is 0.263 e. The molecule has 27 heavy (non-hydrogen) atoms. The molecule has 0 radical (unpaired) electrons. The van der Waals surface area contributed by atoms with Crippen molar-refractivity contribution >= 4 is 11.9 Å². The number of carbonyl (C=O) groups excluding carboxylic acids is 1. The summed E-state index contributed by atoms with van der Waals surface area (Å²) in [4.78, 5) is 24.1. The summed E-state index contributed by atoms with van der Waals surface area (Å²) in [5.74, 6) is 0.906. The number of ether oxygens (including phenoxy) is 1. The van der Waals surface area contributed by atoms with Crippen molar-refractivity contribution in [1.29, 1.82) is 0 Å². The number of carbonyl (C=O) groups is 1. The summed E-state index contributed by atoms with van der Waals surface area (Å²) in [6.07, 6.45) is 1.44. The number of aliphatic imine (C=N–C) groups is 1. The van der Waals surface area contributed by atoms with Crippen LogP contribution in [-0.4, -0.2) is 35.9 Å². The van der Waals surface area contributed by atoms with Gasteiger partial charge in [-0.05, 0) is 42.0 Å². The van der Waals surface area contributed by atoms with Crippen LogP contribution in [0.15, 0.2) is 41.4 Å². The van der Waals surface area contributed by atoms with Crippen LogP contribution < -0.4 is 10.5 Å². The molecule has 1 aromatic carbocycles. The third kappa shape index (κ3) is 2.67. The van der Waals surface area contributed by atoms with Gasteiger partial charge in [-0.3, -0.25) is 9.69 Å². The molecule has 2 N–H and O–H groups in total. The average Bonchev–Trinajstić information content (AvgIpc) is 2.85. The number of guanidine groups is 1. The lowest BCUT2D eigenvalue weighted by atomic mass is 9.67. The molecule has 2 heterocycles. The Morgan fingerprint density at radius 2 is 2.00 bits per heavy atom. The van der Waals surface area contributed by atoms with E-state index < -0.39 is 5.54 Å². The molecule has 2 aliphatic rings. The van der Waals surface area contributed by atoms with Crippen LogP contribution >= 0.6 is 0 Å². The number of fused-ring (bicyclic) bond motifs is 2. The second-order valence-electron chi connectivity index (χ2n) is 8.15. The van der Waals surface area contributed by atoms with Gasteiger partial charge >= 0.3 is 0 Å². The fraction of sp³-hybridized carbons (Fsp3) is 0.381. The van der Waals surface area contributed by atoms with Gasteiger partial charge in [0.05, 0.1) is 18.5 Å². The maximum absolute atomic E-state index is 13.2. The van der Waals surface area contributed by atoms with E-state index >= 15 is 0 Å². The van der Waals surface area contributed by atoms with Gasteiger partial charge in [-0.2, -0.15) is 0 Å². The van der Waals surface area contributed by atoms with E-state index in [9.17, 15) is 4.79 Å². The van der Waals surface area contributed by atoms with Gasteiger partial charge in [0.15, 0.2) is 11.5 Å². The predicted molar refractivity (Wildman–Crippen MR) is 104 cm³/mol. The van der Waals surface area contributed by atoms with E-state index in [2.05, 4.69) is 24.9 Å². The lowest BCUT2D eigenvalue weighted by molar-refractivity contribution is -0.132. The van der Waals surface area contributed by atoms with E-state index in [4.69, 9.17) is 15.5 Å². The first-order valence-corrected chi connectivity index (χ1v) is 9.04. The summed E-state index contributed by atoms with van der Waals surface area (Å²) in [6.45, 7) is 4.32. The highest BCUT2D eigenvalue weighted by Crippen LogP contribution is 2.49. The van der Waals surface area contributed by atoms with Crippen molar-refractivity contribution in [3.8, 4) is 17.0 Å². The van der Waals surface area contributed by atoms with Crippen LogP contribution in [0.25, 0.3) is 11.3 Å². The largest absolute Gasteiger partial charge is 0.497 e. The summed E-state index contributed by atoms with van der Waals surface area (Å²) < 4.78 is 5.33. The Bertz CT molecular complexity index is 966. The monoisotopic (exact) mass is 364 g/mol. The predicted octanol–water partition coefficient (Wildman–Crippen LogP) is 2.71. The molecule has 6 heteroatoms. The fourth-order valence-electron chi connectivity index (χ4n) is 4.26. The van der Waals surface area contributed by atoms with Gasteiger partial charge in [-0.1, -0.05) is 32.0 Å². The second-order valence-corrected chi connectivity index (χ2v) is 8.15. The summed E-state index contributed by atoms with van der Waals surface area (Å²) in [6, 6.07) is 11.8. The molecule has 1 unspecified atom stereocenters. The van der Waals surface area contributed by atoms with Gasteiger partial charge in [0.1, 0.15) is 5.75 Å². The van der Waals surface area contributed by atoms with Crippen molar-refractivity contribution in [3.05, 3.63) is 47.7 Å². The van der Waals surface area contributed by atoms with Gasteiger partial charge < -0.3 is 10.5 Å². The van der Waals surface area contributed by atoms with Crippen molar-refractivity contribution in [2.24, 2.45) is 16.1 Å². The standard InChI is InChI=1S/C21H24N4O2/c1-20(2)11-14-8-9-16(13-6-5-7-15(10-13)27-4)23-17(14)21(12-20)18(26)25(3)19(22)24-21/h5-10H,11-12H2,1-4H3,(H2,22,24). The number of amides is 1. The lowest BCUT2D eigenvalue weighted by Crippen LogP contribution is -2.46. The number of hydrogen-bond donors (Lipinski definition) is 1. The van der Waals surface area contributed by atoms with Crippen molar-refractivity contribution in [3.63, 3.8) is 0 Å². The Morgan fingerprint density at radius 3 is 2.67 bits per heavy atom. The first-order chi connectivity index (χ1) is 12.8. The molecule has 0 saturated carbocycles. The van der Waals surface area contributed by atoms with Crippen LogP contribution in [0.3, 0.4) is 0 Å². The molecule has 0 fully saturated rings. The number of benzene rings is 1. The van der Waals surface area contributed by atoms with E-state index in [1.807, 2.05) is 30.3 Å². The number of rotatable bonds is 2. The molecular weight excluding hydrogens is 340 g/mol. The van der Waals surface area contributed by atoms with E-state index in [0.717, 1.165) is 34.7 Å². The molecule has 1 aliphatic heterocycles. The first-order valence-electron chi connectivity index (χ1n) is 9.04. The zero-order chi connectivity index (χ0) is 19.4. The third-order valence-corrected chi connectivity index (χ3v) is 5.45. The molecule has 6 nitrogen and oxygen atoms in total. The number of aromatic nitrogens is 1. The van der Waals surface area contributed by atoms with Gasteiger partial charge in [-0.25, -0.2) is 9.98 Å². The number of methoxy groups -OCH3 is 1. The number of hydrogen-bond acceptors (Lipinski definition) is 5. The number of likely N-dealkylation sites (N-methyl/N-ethyl adjacent to an activating group) is 1. The summed E-state index contributed by atoms with van der Waals surface area (Å²) in [7, 11) is 3.31. The van der Waals surface area contributed by atoms with Crippen LogP contribution in [0.5, 0.6) is 5.75 Å². The maximum Gasteiger partial charge on any atom is 0.263 e. The van der Waals surface area contributed by atoms with Gasteiger partial charge in [0.25, 0.3) is 5.91 Å². The van der Waals surface area contributed by atoms with Crippen molar-refractivity contribution in [2.75, 3.05) is 14.2 Å². The first kappa shape index (κ1) is 17.5. The SMILES string of the molecule is COc1cccc(-c2ccc3c(n2)C2(CC(C)(C)C3)N=C(N)N(C)C2=O)c1. The summed E-state index contributed by atoms with van der Waals surface area (Å²) in [5.41, 5.74) is 8.42. The molecule has 0 saturated heterocycles. The highest BCUT2D eigenvalue weighted by molar-refractivity contribution is 6.07. The highest BCUT2D eigenvalue weighted by Gasteiger charge is 2.55. The average molecular weight is 364 g/mol. The lowest BCUT2D eigenvalue weighted by Gasteiger charge is -2.40. The molecule has 140 valence electrons. The van der Waals surface area contributed by atoms with E-state index in [-0.39, 0.29) is 17.3 Å². The Kier molecular flexibility index (Phi) is 3.77. The van der Waals surface area contributed by atoms with E-state index in [1.165, 1.54) is 4.90 Å². The summed E-state index contributed by atoms with van der Waals surface area (Å²) in [5, 5.41) is 0. The van der Waals surface area contributed by atoms with Crippen LogP contribution in [0, 0.1) is 5.41 Å². The van der Waals surface area contributed by atoms with E-state index in [1.54, 1.807) is 14.2 Å². The van der Waals surface area contributed by atoms with Crippen molar-refractivity contribution in [1.82, 2.24) is 9.88 Å². The number of pyridine rings is 1. The van der Waals surface area contributed by atoms with Crippen LogP contribution in [0.1, 0.15) is 31.5 Å². The second kappa shape index (κ2) is 5.81. The molecular formula is C21H24N4O2. The molecule has 1 spiro atoms. The Morgan fingerprint density at radius 1 is 1.22 bits per heavy atom. The van der Waals surface area contributed by atoms with Crippen LogP contribution in [-0.2, 0) is 16.8 Å². The zero-order valence-electron chi connectivity index (χ0n) is 16.1. The molecule has 0 bridgehead atoms. The van der Waals surface area contributed by atoms with Crippen LogP contribution in [0.4, 0.5) is 0 Å². The van der Waals surface area contributed by atoms with Crippen molar-refractivity contribution < 1.29 is 9.53 Å². The zero-order valence-corrected chi connectivity index (χ0v) is 16.1. The van der Waals surface area contributed by atoms with Gasteiger partial charge in [-0.15, -0.1) is 0 Å². The summed E-state index contributed by atoms with van der Waals surface area (Å²) >= 11 is 0. The quantitative estimate of drug-likeness (QED) is 0.888. The van der Waals surface area contributed by atoms with Gasteiger partial charge in [0, 0.05) is 12.6 Å². The van der Waals surface area contributed by atoms with E-state index in [0.29, 0.717) is 6.42 Å². The molecule has 1 aromatic heterocycles. The Balaban J connectivity index is 1.90. The molecule has 1 amide bonds. The topological polar surface area (TPSA) is 80.8 Å².